The van der Waals surface area contributed by atoms with E-state index in [0.717, 1.165) is 122 Å². The zero-order chi connectivity index (χ0) is 40.7. The van der Waals surface area contributed by atoms with Crippen molar-refractivity contribution in [3.05, 3.63) is 0 Å². The molecule has 0 radical (unpaired) electrons. The maximum absolute atomic E-state index is 12.8. The molecule has 1 atom stereocenters. The molecule has 1 unspecified atom stereocenters. The minimum absolute atomic E-state index is 0.00601. The van der Waals surface area contributed by atoms with Crippen LogP contribution in [0.1, 0.15) is 233 Å². The summed E-state index contributed by atoms with van der Waals surface area (Å²) >= 11 is 0. The Morgan fingerprint density at radius 3 is 1.33 bits per heavy atom. The Kier molecular flexibility index (Phi) is 38.8. The summed E-state index contributed by atoms with van der Waals surface area (Å²) in [5.74, 6) is -0.0550. The fraction of sp³-hybridized carbons (Fsp3) is 0.957. The average molecular weight is 801 g/mol. The maximum atomic E-state index is 12.8. The normalized spacial score (nSPS) is 12.5. The zero-order valence-corrected chi connectivity index (χ0v) is 38.0. The van der Waals surface area contributed by atoms with Gasteiger partial charge in [0.15, 0.2) is 0 Å². The van der Waals surface area contributed by atoms with Crippen molar-refractivity contribution in [2.75, 3.05) is 46.1 Å². The Balaban J connectivity index is 4.37. The number of hydrogen-bond acceptors (Lipinski definition) is 7. The predicted molar refractivity (Wildman–Crippen MR) is 234 cm³/mol. The SMILES string of the molecule is CCCCCCCCCOC(=O)CCCCCCCN(CCCCCCCC(=O)OC(CCCCCCC)CCCCCCCC)CCCN(C)S(C)(=O)=O. The van der Waals surface area contributed by atoms with Crippen LogP contribution in [0.4, 0.5) is 0 Å². The highest BCUT2D eigenvalue weighted by Crippen LogP contribution is 2.18. The smallest absolute Gasteiger partial charge is 0.306 e. The molecule has 9 heteroatoms. The van der Waals surface area contributed by atoms with Crippen molar-refractivity contribution >= 4 is 22.0 Å². The first-order valence-corrected chi connectivity index (χ1v) is 25.5. The van der Waals surface area contributed by atoms with Crippen molar-refractivity contribution in [3.63, 3.8) is 0 Å². The Bertz CT molecular complexity index is 962. The van der Waals surface area contributed by atoms with Gasteiger partial charge in [-0.25, -0.2) is 12.7 Å². The second kappa shape index (κ2) is 39.6. The van der Waals surface area contributed by atoms with Crippen LogP contribution in [0.15, 0.2) is 0 Å². The predicted octanol–water partition coefficient (Wildman–Crippen LogP) is 12.6. The highest BCUT2D eigenvalue weighted by Gasteiger charge is 2.15. The van der Waals surface area contributed by atoms with Crippen LogP contribution in [-0.4, -0.2) is 81.8 Å². The molecule has 0 aromatic heterocycles. The molecule has 0 spiro atoms. The standard InChI is InChI=1S/C46H92N2O6S/c1-6-9-12-15-17-26-33-43-53-45(49)37-29-22-18-24-31-40-48(42-34-39-47(4)55(5,51)52)41-32-25-19-23-30-38-46(50)54-44(35-27-20-14-11-8-3)36-28-21-16-13-10-7-2/h44H,6-43H2,1-5H3. The lowest BCUT2D eigenvalue weighted by Gasteiger charge is -2.23. The van der Waals surface area contributed by atoms with Crippen LogP contribution >= 0.6 is 0 Å². The van der Waals surface area contributed by atoms with E-state index in [4.69, 9.17) is 9.47 Å². The number of carbonyl (C=O) groups excluding carboxylic acids is 2. The molecule has 0 aromatic rings. The van der Waals surface area contributed by atoms with E-state index in [1.54, 1.807) is 7.05 Å². The maximum Gasteiger partial charge on any atom is 0.306 e. The van der Waals surface area contributed by atoms with E-state index >= 15 is 0 Å². The zero-order valence-electron chi connectivity index (χ0n) is 37.2. The molecule has 0 bridgehead atoms. The minimum Gasteiger partial charge on any atom is -0.466 e. The molecule has 0 aliphatic rings. The number of hydrogen-bond donors (Lipinski definition) is 0. The molecule has 0 saturated carbocycles. The highest BCUT2D eigenvalue weighted by molar-refractivity contribution is 7.88. The fourth-order valence-corrected chi connectivity index (χ4v) is 7.70. The summed E-state index contributed by atoms with van der Waals surface area (Å²) < 4.78 is 36.6. The van der Waals surface area contributed by atoms with Gasteiger partial charge in [-0.05, 0) is 83.8 Å². The fourth-order valence-electron chi connectivity index (χ4n) is 7.24. The highest BCUT2D eigenvalue weighted by atomic mass is 32.2. The molecule has 328 valence electrons. The van der Waals surface area contributed by atoms with Crippen molar-refractivity contribution in [1.29, 1.82) is 0 Å². The van der Waals surface area contributed by atoms with Crippen LogP contribution in [0, 0.1) is 0 Å². The summed E-state index contributed by atoms with van der Waals surface area (Å²) in [5.41, 5.74) is 0. The molecule has 0 rings (SSSR count). The van der Waals surface area contributed by atoms with Crippen molar-refractivity contribution in [1.82, 2.24) is 9.21 Å². The molecule has 0 N–H and O–H groups in total. The van der Waals surface area contributed by atoms with Crippen LogP contribution in [0.2, 0.25) is 0 Å². The average Bonchev–Trinajstić information content (AvgIpc) is 3.15. The Morgan fingerprint density at radius 2 is 0.855 bits per heavy atom. The van der Waals surface area contributed by atoms with Crippen LogP contribution in [-0.2, 0) is 29.1 Å². The molecule has 0 saturated heterocycles. The van der Waals surface area contributed by atoms with Crippen LogP contribution in [0.3, 0.4) is 0 Å². The molecule has 55 heavy (non-hydrogen) atoms. The third kappa shape index (κ3) is 38.1. The number of rotatable bonds is 43. The van der Waals surface area contributed by atoms with E-state index in [1.807, 2.05) is 0 Å². The van der Waals surface area contributed by atoms with Gasteiger partial charge in [0.25, 0.3) is 0 Å². The number of sulfonamides is 1. The molecule has 0 aliphatic heterocycles. The number of carbonyl (C=O) groups is 2. The Hall–Kier alpha value is -1.19. The first kappa shape index (κ1) is 53.8. The number of esters is 2. The molecule has 0 heterocycles. The Morgan fingerprint density at radius 1 is 0.473 bits per heavy atom. The molecular weight excluding hydrogens is 709 g/mol. The first-order chi connectivity index (χ1) is 26.6. The van der Waals surface area contributed by atoms with Gasteiger partial charge in [-0.2, -0.15) is 0 Å². The topological polar surface area (TPSA) is 93.2 Å². The lowest BCUT2D eigenvalue weighted by molar-refractivity contribution is -0.150. The van der Waals surface area contributed by atoms with Gasteiger partial charge in [0.05, 0.1) is 12.9 Å². The third-order valence-corrected chi connectivity index (χ3v) is 12.4. The van der Waals surface area contributed by atoms with Crippen molar-refractivity contribution in [2.24, 2.45) is 0 Å². The van der Waals surface area contributed by atoms with Gasteiger partial charge < -0.3 is 14.4 Å². The van der Waals surface area contributed by atoms with Crippen LogP contribution in [0.5, 0.6) is 0 Å². The minimum atomic E-state index is -3.16. The summed E-state index contributed by atoms with van der Waals surface area (Å²) in [7, 11) is -1.50. The van der Waals surface area contributed by atoms with Crippen molar-refractivity contribution < 1.29 is 27.5 Å². The summed E-state index contributed by atoms with van der Waals surface area (Å²) in [6.07, 6.45) is 38.4. The monoisotopic (exact) mass is 801 g/mol. The van der Waals surface area contributed by atoms with Gasteiger partial charge >= 0.3 is 11.9 Å². The molecule has 0 fully saturated rings. The van der Waals surface area contributed by atoms with E-state index < -0.39 is 10.0 Å². The van der Waals surface area contributed by atoms with Gasteiger partial charge in [-0.15, -0.1) is 0 Å². The van der Waals surface area contributed by atoms with Gasteiger partial charge in [-0.1, -0.05) is 156 Å². The van der Waals surface area contributed by atoms with Gasteiger partial charge in [0.1, 0.15) is 6.10 Å². The summed E-state index contributed by atoms with van der Waals surface area (Å²) in [6.45, 7) is 10.8. The molecule has 0 amide bonds. The van der Waals surface area contributed by atoms with E-state index in [0.29, 0.717) is 26.0 Å². The molecule has 0 aliphatic carbocycles. The van der Waals surface area contributed by atoms with Crippen LogP contribution < -0.4 is 0 Å². The second-order valence-electron chi connectivity index (χ2n) is 16.5. The van der Waals surface area contributed by atoms with E-state index in [1.165, 1.54) is 107 Å². The van der Waals surface area contributed by atoms with Crippen molar-refractivity contribution in [2.45, 2.75) is 239 Å². The lowest BCUT2D eigenvalue weighted by Crippen LogP contribution is -2.32. The quantitative estimate of drug-likeness (QED) is 0.0448. The van der Waals surface area contributed by atoms with Gasteiger partial charge in [0, 0.05) is 26.4 Å². The number of unbranched alkanes of at least 4 members (excludes halogenated alkanes) is 23. The summed E-state index contributed by atoms with van der Waals surface area (Å²) in [5, 5.41) is 0. The van der Waals surface area contributed by atoms with Crippen LogP contribution in [0.25, 0.3) is 0 Å². The molecular formula is C46H92N2O6S. The van der Waals surface area contributed by atoms with Gasteiger partial charge in [-0.3, -0.25) is 9.59 Å². The summed E-state index contributed by atoms with van der Waals surface area (Å²) in [4.78, 5) is 27.4. The number of ether oxygens (including phenoxy) is 2. The molecule has 0 aromatic carbocycles. The molecule has 8 nitrogen and oxygen atoms in total. The summed E-state index contributed by atoms with van der Waals surface area (Å²) in [6, 6.07) is 0. The Labute approximate surface area is 342 Å². The lowest BCUT2D eigenvalue weighted by atomic mass is 10.0. The van der Waals surface area contributed by atoms with Crippen molar-refractivity contribution in [3.8, 4) is 0 Å². The van der Waals surface area contributed by atoms with E-state index in [2.05, 4.69) is 25.7 Å². The second-order valence-corrected chi connectivity index (χ2v) is 18.6. The number of nitrogens with zero attached hydrogens (tertiary/aromatic N) is 2. The van der Waals surface area contributed by atoms with E-state index in [9.17, 15) is 18.0 Å². The largest absolute Gasteiger partial charge is 0.466 e. The first-order valence-electron chi connectivity index (χ1n) is 23.6. The van der Waals surface area contributed by atoms with Gasteiger partial charge in [0.2, 0.25) is 10.0 Å². The van der Waals surface area contributed by atoms with E-state index in [-0.39, 0.29) is 18.0 Å². The third-order valence-electron chi connectivity index (χ3n) is 11.0.